The van der Waals surface area contributed by atoms with Crippen LogP contribution in [0.4, 0.5) is 0 Å². The maximum Gasteiger partial charge on any atom is 0.306 e. The molecule has 28 heavy (non-hydrogen) atoms. The van der Waals surface area contributed by atoms with E-state index in [1.54, 1.807) is 0 Å². The van der Waals surface area contributed by atoms with Crippen molar-refractivity contribution < 1.29 is 14.3 Å². The topological polar surface area (TPSA) is 43.4 Å². The average Bonchev–Trinajstić information content (AvgIpc) is 3.30. The number of ether oxygens (including phenoxy) is 1. The van der Waals surface area contributed by atoms with Crippen LogP contribution in [0.1, 0.15) is 72.6 Å². The van der Waals surface area contributed by atoms with Crippen molar-refractivity contribution in [1.82, 2.24) is 0 Å². The Bertz CT molecular complexity index is 813. The van der Waals surface area contributed by atoms with E-state index in [4.69, 9.17) is 4.74 Å². The largest absolute Gasteiger partial charge is 0.458 e. The summed E-state index contributed by atoms with van der Waals surface area (Å²) in [5.74, 6) is 4.93. The fraction of sp³-hybridized carbons (Fsp3) is 0.840. The molecule has 0 aromatic carbocycles. The lowest BCUT2D eigenvalue weighted by Gasteiger charge is -2.63. The van der Waals surface area contributed by atoms with E-state index >= 15 is 0 Å². The number of fused-ring (bicyclic) bond motifs is 9. The van der Waals surface area contributed by atoms with E-state index in [-0.39, 0.29) is 22.4 Å². The van der Waals surface area contributed by atoms with E-state index in [2.05, 4.69) is 27.7 Å². The lowest BCUT2D eigenvalue weighted by molar-refractivity contribution is -0.181. The van der Waals surface area contributed by atoms with Crippen molar-refractivity contribution >= 4 is 11.8 Å². The SMILES string of the molecule is CC1C2=CC(=O)CC[C@]2(C)C2CC[C@@]3(C)C(C2[C@H]1C)[C@@H]1C[C@@H]1C31CCC(=O)O1. The molecule has 0 bridgehead atoms. The van der Waals surface area contributed by atoms with Gasteiger partial charge in [0, 0.05) is 24.2 Å². The summed E-state index contributed by atoms with van der Waals surface area (Å²) in [6, 6.07) is 0. The van der Waals surface area contributed by atoms with Crippen LogP contribution in [0.15, 0.2) is 11.6 Å². The third-order valence-corrected chi connectivity index (χ3v) is 11.0. The van der Waals surface area contributed by atoms with Crippen LogP contribution < -0.4 is 0 Å². The van der Waals surface area contributed by atoms with Crippen molar-refractivity contribution in [1.29, 1.82) is 0 Å². The molecule has 5 unspecified atom stereocenters. The minimum Gasteiger partial charge on any atom is -0.458 e. The van der Waals surface area contributed by atoms with Crippen LogP contribution in [0.3, 0.4) is 0 Å². The van der Waals surface area contributed by atoms with E-state index in [0.29, 0.717) is 47.7 Å². The molecule has 3 nitrogen and oxygen atoms in total. The Morgan fingerprint density at radius 2 is 1.82 bits per heavy atom. The van der Waals surface area contributed by atoms with Crippen LogP contribution in [-0.4, -0.2) is 17.4 Å². The van der Waals surface area contributed by atoms with Crippen LogP contribution in [0, 0.1) is 52.3 Å². The Morgan fingerprint density at radius 1 is 1.04 bits per heavy atom. The van der Waals surface area contributed by atoms with Crippen molar-refractivity contribution in [3.63, 3.8) is 0 Å². The summed E-state index contributed by atoms with van der Waals surface area (Å²) in [6.07, 6.45) is 9.07. The first kappa shape index (κ1) is 17.7. The van der Waals surface area contributed by atoms with Crippen molar-refractivity contribution in [2.24, 2.45) is 52.3 Å². The van der Waals surface area contributed by atoms with Gasteiger partial charge in [0.25, 0.3) is 0 Å². The van der Waals surface area contributed by atoms with Gasteiger partial charge in [-0.1, -0.05) is 33.3 Å². The molecule has 3 heteroatoms. The number of hydrogen-bond acceptors (Lipinski definition) is 3. The second-order valence-corrected chi connectivity index (χ2v) is 11.7. The molecule has 4 saturated carbocycles. The summed E-state index contributed by atoms with van der Waals surface area (Å²) in [4.78, 5) is 24.4. The van der Waals surface area contributed by atoms with Gasteiger partial charge in [0.15, 0.2) is 5.78 Å². The maximum absolute atomic E-state index is 12.2. The molecule has 152 valence electrons. The van der Waals surface area contributed by atoms with Crippen LogP contribution in [-0.2, 0) is 14.3 Å². The second-order valence-electron chi connectivity index (χ2n) is 11.7. The van der Waals surface area contributed by atoms with E-state index in [1.807, 2.05) is 6.08 Å². The van der Waals surface area contributed by atoms with Crippen LogP contribution >= 0.6 is 0 Å². The van der Waals surface area contributed by atoms with E-state index in [0.717, 1.165) is 25.2 Å². The van der Waals surface area contributed by atoms with Crippen molar-refractivity contribution in [3.05, 3.63) is 11.6 Å². The van der Waals surface area contributed by atoms with E-state index in [1.165, 1.54) is 24.8 Å². The number of allylic oxidation sites excluding steroid dienone is 1. The van der Waals surface area contributed by atoms with Gasteiger partial charge < -0.3 is 4.74 Å². The molecule has 1 saturated heterocycles. The lowest BCUT2D eigenvalue weighted by atomic mass is 9.41. The summed E-state index contributed by atoms with van der Waals surface area (Å²) in [7, 11) is 0. The quantitative estimate of drug-likeness (QED) is 0.557. The van der Waals surface area contributed by atoms with Gasteiger partial charge in [-0.3, -0.25) is 9.59 Å². The summed E-state index contributed by atoms with van der Waals surface area (Å²) in [6.45, 7) is 9.78. The van der Waals surface area contributed by atoms with E-state index < -0.39 is 0 Å². The Balaban J connectivity index is 1.45. The van der Waals surface area contributed by atoms with Gasteiger partial charge in [-0.15, -0.1) is 0 Å². The van der Waals surface area contributed by atoms with Gasteiger partial charge in [0.2, 0.25) is 0 Å². The molecule has 0 aromatic rings. The molecule has 6 rings (SSSR count). The van der Waals surface area contributed by atoms with Crippen molar-refractivity contribution in [2.75, 3.05) is 0 Å². The fourth-order valence-corrected chi connectivity index (χ4v) is 9.61. The first-order chi connectivity index (χ1) is 13.2. The van der Waals surface area contributed by atoms with Crippen LogP contribution in [0.25, 0.3) is 0 Å². The molecule has 0 N–H and O–H groups in total. The Labute approximate surface area is 168 Å². The molecule has 0 amide bonds. The zero-order valence-corrected chi connectivity index (χ0v) is 17.8. The number of ketones is 1. The first-order valence-corrected chi connectivity index (χ1v) is 11.7. The molecule has 1 heterocycles. The molecule has 1 spiro atoms. The summed E-state index contributed by atoms with van der Waals surface area (Å²) < 4.78 is 6.23. The Hall–Kier alpha value is -1.12. The number of esters is 1. The highest BCUT2D eigenvalue weighted by Gasteiger charge is 2.79. The predicted molar refractivity (Wildman–Crippen MR) is 106 cm³/mol. The van der Waals surface area contributed by atoms with E-state index in [9.17, 15) is 9.59 Å². The molecule has 5 aliphatic carbocycles. The van der Waals surface area contributed by atoms with Gasteiger partial charge in [-0.2, -0.15) is 0 Å². The summed E-state index contributed by atoms with van der Waals surface area (Å²) >= 11 is 0. The molecule has 0 aromatic heterocycles. The van der Waals surface area contributed by atoms with Gasteiger partial charge in [-0.05, 0) is 79.1 Å². The minimum absolute atomic E-state index is 0.0442. The molecule has 0 radical (unpaired) electrons. The molecule has 5 fully saturated rings. The average molecular weight is 383 g/mol. The van der Waals surface area contributed by atoms with Gasteiger partial charge in [-0.25, -0.2) is 0 Å². The highest BCUT2D eigenvalue weighted by molar-refractivity contribution is 5.91. The number of hydrogen-bond donors (Lipinski definition) is 0. The Morgan fingerprint density at radius 3 is 2.54 bits per heavy atom. The standard InChI is InChI=1S/C25H34O3/c1-13-14(2)21-17(23(3)8-5-15(26)11-18(13)23)6-9-24(4)22(21)16-12-19(16)25(24)10-7-20(27)28-25/h11,13-14,16-17,19,21-22H,5-10,12H2,1-4H3/t13?,14-,16+,17?,19-,21?,22?,23+,24-,25?/m0/s1. The van der Waals surface area contributed by atoms with Gasteiger partial charge in [0.1, 0.15) is 5.60 Å². The molecular formula is C25H34O3. The number of carbonyl (C=O) groups is 2. The normalized spacial score (nSPS) is 59.1. The number of carbonyl (C=O) groups excluding carboxylic acids is 2. The van der Waals surface area contributed by atoms with Crippen molar-refractivity contribution in [3.8, 4) is 0 Å². The van der Waals surface area contributed by atoms with Crippen LogP contribution in [0.2, 0.25) is 0 Å². The third-order valence-electron chi connectivity index (χ3n) is 11.0. The third kappa shape index (κ3) is 1.80. The molecule has 6 aliphatic rings. The zero-order valence-electron chi connectivity index (χ0n) is 17.8. The van der Waals surface area contributed by atoms with Crippen molar-refractivity contribution in [2.45, 2.75) is 78.2 Å². The predicted octanol–water partition coefficient (Wildman–Crippen LogP) is 4.94. The minimum atomic E-state index is -0.160. The molecule has 10 atom stereocenters. The highest BCUT2D eigenvalue weighted by Crippen LogP contribution is 2.80. The lowest BCUT2D eigenvalue weighted by Crippen LogP contribution is -2.59. The molecular weight excluding hydrogens is 348 g/mol. The second kappa shape index (κ2) is 5.13. The monoisotopic (exact) mass is 382 g/mol. The first-order valence-electron chi connectivity index (χ1n) is 11.7. The maximum atomic E-state index is 12.2. The Kier molecular flexibility index (Phi) is 3.25. The molecule has 1 aliphatic heterocycles. The summed E-state index contributed by atoms with van der Waals surface area (Å²) in [5.41, 5.74) is 1.64. The van der Waals surface area contributed by atoms with Gasteiger partial charge >= 0.3 is 5.97 Å². The summed E-state index contributed by atoms with van der Waals surface area (Å²) in [5, 5.41) is 0. The van der Waals surface area contributed by atoms with Gasteiger partial charge in [0.05, 0.1) is 0 Å². The fourth-order valence-electron chi connectivity index (χ4n) is 9.61. The smallest absolute Gasteiger partial charge is 0.306 e. The number of rotatable bonds is 0. The zero-order chi connectivity index (χ0) is 19.6. The highest BCUT2D eigenvalue weighted by atomic mass is 16.6. The van der Waals surface area contributed by atoms with Crippen LogP contribution in [0.5, 0.6) is 0 Å².